The van der Waals surface area contributed by atoms with Crippen molar-refractivity contribution < 1.29 is 0 Å². The summed E-state index contributed by atoms with van der Waals surface area (Å²) in [7, 11) is 4.50. The lowest BCUT2D eigenvalue weighted by Gasteiger charge is -2.12. The molecule has 23 heavy (non-hydrogen) atoms. The van der Waals surface area contributed by atoms with Gasteiger partial charge in [-0.3, -0.25) is 0 Å². The van der Waals surface area contributed by atoms with Gasteiger partial charge >= 0.3 is 0 Å². The van der Waals surface area contributed by atoms with Gasteiger partial charge in [-0.05, 0) is 74.9 Å². The van der Waals surface area contributed by atoms with E-state index in [1.807, 2.05) is 18.2 Å². The van der Waals surface area contributed by atoms with Crippen molar-refractivity contribution in [1.29, 1.82) is 0 Å². The molecule has 0 spiro atoms. The first-order chi connectivity index (χ1) is 11.2. The van der Waals surface area contributed by atoms with Crippen molar-refractivity contribution in [3.63, 3.8) is 0 Å². The number of rotatable bonds is 1. The Labute approximate surface area is 139 Å². The van der Waals surface area contributed by atoms with Gasteiger partial charge in [-0.25, -0.2) is 0 Å². The minimum Gasteiger partial charge on any atom is -0.399 e. The van der Waals surface area contributed by atoms with Crippen LogP contribution in [-0.4, -0.2) is 21.1 Å². The van der Waals surface area contributed by atoms with Gasteiger partial charge in [0.25, 0.3) is 0 Å². The summed E-state index contributed by atoms with van der Waals surface area (Å²) < 4.78 is 0. The van der Waals surface area contributed by atoms with Crippen molar-refractivity contribution in [2.75, 3.05) is 32.6 Å². The summed E-state index contributed by atoms with van der Waals surface area (Å²) in [6, 6.07) is 14.5. The monoisotopic (exact) mass is 317 g/mol. The lowest BCUT2D eigenvalue weighted by molar-refractivity contribution is 0.788. The fourth-order valence-corrected chi connectivity index (χ4v) is 2.71. The first kappa shape index (κ1) is 20.9. The third kappa shape index (κ3) is 5.56. The number of nitrogens with two attached hydrogens (primary N) is 5. The summed E-state index contributed by atoms with van der Waals surface area (Å²) in [6.07, 6.45) is 2.29. The maximum Gasteiger partial charge on any atom is 0.0316 e. The molecule has 0 heterocycles. The molecule has 0 radical (unpaired) electrons. The van der Waals surface area contributed by atoms with Gasteiger partial charge in [0.05, 0.1) is 0 Å². The van der Waals surface area contributed by atoms with Crippen molar-refractivity contribution in [1.82, 2.24) is 0 Å². The Balaban J connectivity index is 0.000000728. The number of hydrogen-bond acceptors (Lipinski definition) is 5. The van der Waals surface area contributed by atoms with E-state index in [0.717, 1.165) is 17.8 Å². The minimum atomic E-state index is 0.506. The molecule has 0 saturated carbocycles. The molecule has 0 saturated heterocycles. The SMILES string of the molecule is CN.CN.CN.Nc1ccc(C2CCc3cc(N)ccc32)cc1. The van der Waals surface area contributed by atoms with E-state index in [4.69, 9.17) is 11.5 Å². The molecule has 1 aliphatic carbocycles. The molecular weight excluding hydrogens is 286 g/mol. The Kier molecular flexibility index (Phi) is 10.4. The Morgan fingerprint density at radius 3 is 1.83 bits per heavy atom. The van der Waals surface area contributed by atoms with Gasteiger partial charge in [-0.1, -0.05) is 18.2 Å². The molecule has 0 bridgehead atoms. The van der Waals surface area contributed by atoms with Crippen molar-refractivity contribution >= 4 is 11.4 Å². The van der Waals surface area contributed by atoms with Crippen LogP contribution in [0, 0.1) is 0 Å². The van der Waals surface area contributed by atoms with E-state index in [1.54, 1.807) is 0 Å². The first-order valence-electron chi connectivity index (χ1n) is 7.71. The number of anilines is 2. The van der Waals surface area contributed by atoms with Crippen LogP contribution >= 0.6 is 0 Å². The average Bonchev–Trinajstić information content (AvgIpc) is 3.04. The van der Waals surface area contributed by atoms with Crippen molar-refractivity contribution in [3.8, 4) is 0 Å². The van der Waals surface area contributed by atoms with Crippen LogP contribution in [0.25, 0.3) is 0 Å². The van der Waals surface area contributed by atoms with Crippen LogP contribution < -0.4 is 28.7 Å². The smallest absolute Gasteiger partial charge is 0.0316 e. The summed E-state index contributed by atoms with van der Waals surface area (Å²) in [5, 5.41) is 0. The second kappa shape index (κ2) is 11.5. The Hall–Kier alpha value is -2.08. The van der Waals surface area contributed by atoms with Gasteiger partial charge in [0.1, 0.15) is 0 Å². The van der Waals surface area contributed by atoms with Gasteiger partial charge in [0, 0.05) is 17.3 Å². The highest BCUT2D eigenvalue weighted by Crippen LogP contribution is 2.38. The lowest BCUT2D eigenvalue weighted by atomic mass is 9.93. The first-order valence-corrected chi connectivity index (χ1v) is 7.71. The van der Waals surface area contributed by atoms with Gasteiger partial charge in [-0.2, -0.15) is 0 Å². The van der Waals surface area contributed by atoms with E-state index in [9.17, 15) is 0 Å². The molecule has 3 rings (SSSR count). The maximum absolute atomic E-state index is 5.82. The molecule has 0 aromatic heterocycles. The largest absolute Gasteiger partial charge is 0.399 e. The minimum absolute atomic E-state index is 0.506. The standard InChI is InChI=1S/C15H16N2.3CH5N/c16-12-4-1-10(2-5-12)14-7-3-11-9-13(17)6-8-15(11)14;3*1-2/h1-2,4-6,8-9,14H,3,7,16-17H2;3*2H2,1H3. The highest BCUT2D eigenvalue weighted by molar-refractivity contribution is 5.51. The molecule has 1 aliphatic rings. The average molecular weight is 317 g/mol. The van der Waals surface area contributed by atoms with E-state index in [1.165, 1.54) is 44.3 Å². The Morgan fingerprint density at radius 2 is 1.26 bits per heavy atom. The molecule has 5 nitrogen and oxygen atoms in total. The number of nitrogen functional groups attached to an aromatic ring is 2. The fourth-order valence-electron chi connectivity index (χ4n) is 2.71. The molecule has 10 N–H and O–H groups in total. The van der Waals surface area contributed by atoms with Crippen LogP contribution in [0.2, 0.25) is 0 Å². The third-order valence-corrected chi connectivity index (χ3v) is 3.58. The van der Waals surface area contributed by atoms with E-state index in [0.29, 0.717) is 5.92 Å². The van der Waals surface area contributed by atoms with Gasteiger partial charge in [-0.15, -0.1) is 0 Å². The van der Waals surface area contributed by atoms with Crippen LogP contribution in [0.5, 0.6) is 0 Å². The van der Waals surface area contributed by atoms with Crippen LogP contribution in [0.4, 0.5) is 11.4 Å². The maximum atomic E-state index is 5.82. The van der Waals surface area contributed by atoms with Crippen molar-refractivity contribution in [2.24, 2.45) is 17.2 Å². The zero-order valence-corrected chi connectivity index (χ0v) is 14.4. The molecule has 0 fully saturated rings. The molecule has 5 heteroatoms. The highest BCUT2D eigenvalue weighted by atomic mass is 14.5. The van der Waals surface area contributed by atoms with E-state index in [2.05, 4.69) is 41.5 Å². The van der Waals surface area contributed by atoms with Gasteiger partial charge in [0.15, 0.2) is 0 Å². The normalized spacial score (nSPS) is 14.1. The second-order valence-corrected chi connectivity index (χ2v) is 4.72. The third-order valence-electron chi connectivity index (χ3n) is 3.58. The fraction of sp³-hybridized carbons (Fsp3) is 0.333. The zero-order valence-electron chi connectivity index (χ0n) is 14.4. The number of benzene rings is 2. The van der Waals surface area contributed by atoms with Gasteiger partial charge in [0.2, 0.25) is 0 Å². The van der Waals surface area contributed by atoms with E-state index >= 15 is 0 Å². The molecule has 0 amide bonds. The lowest BCUT2D eigenvalue weighted by Crippen LogP contribution is -1.97. The molecule has 2 aromatic carbocycles. The van der Waals surface area contributed by atoms with Crippen molar-refractivity contribution in [3.05, 3.63) is 59.2 Å². The summed E-state index contributed by atoms with van der Waals surface area (Å²) in [4.78, 5) is 0. The van der Waals surface area contributed by atoms with Crippen LogP contribution in [0.1, 0.15) is 29.0 Å². The van der Waals surface area contributed by atoms with E-state index < -0.39 is 0 Å². The molecule has 1 atom stereocenters. The predicted octanol–water partition coefficient (Wildman–Crippen LogP) is 1.65. The second-order valence-electron chi connectivity index (χ2n) is 4.72. The van der Waals surface area contributed by atoms with Gasteiger partial charge < -0.3 is 28.7 Å². The summed E-state index contributed by atoms with van der Waals surface area (Å²) in [5.41, 5.74) is 30.9. The van der Waals surface area contributed by atoms with Crippen molar-refractivity contribution in [2.45, 2.75) is 18.8 Å². The van der Waals surface area contributed by atoms with Crippen LogP contribution in [0.3, 0.4) is 0 Å². The number of aryl methyl sites for hydroxylation is 1. The molecule has 128 valence electrons. The summed E-state index contributed by atoms with van der Waals surface area (Å²) in [6.45, 7) is 0. The quantitative estimate of drug-likeness (QED) is 0.511. The predicted molar refractivity (Wildman–Crippen MR) is 102 cm³/mol. The number of hydrogen-bond donors (Lipinski definition) is 5. The number of fused-ring (bicyclic) bond motifs is 1. The molecule has 2 aromatic rings. The Morgan fingerprint density at radius 1 is 0.739 bits per heavy atom. The van der Waals surface area contributed by atoms with E-state index in [-0.39, 0.29) is 0 Å². The van der Waals surface area contributed by atoms with Crippen LogP contribution in [0.15, 0.2) is 42.5 Å². The zero-order chi connectivity index (χ0) is 17.8. The molecule has 0 aliphatic heterocycles. The summed E-state index contributed by atoms with van der Waals surface area (Å²) in [5.74, 6) is 0.506. The highest BCUT2D eigenvalue weighted by Gasteiger charge is 2.23. The topological polar surface area (TPSA) is 130 Å². The molecular formula is C18H31N5. The molecule has 1 unspecified atom stereocenters. The van der Waals surface area contributed by atoms with Crippen LogP contribution in [-0.2, 0) is 6.42 Å². The Bertz CT molecular complexity index is 552. The summed E-state index contributed by atoms with van der Waals surface area (Å²) >= 11 is 0.